The van der Waals surface area contributed by atoms with Crippen molar-refractivity contribution in [3.05, 3.63) is 0 Å². The van der Waals surface area contributed by atoms with E-state index in [-0.39, 0.29) is 18.4 Å². The number of nitrogens with one attached hydrogen (secondary N) is 1. The van der Waals surface area contributed by atoms with Gasteiger partial charge in [0.25, 0.3) is 0 Å². The minimum Gasteiger partial charge on any atom is -0.346 e. The SMILES string of the molecule is NC(CC1CCCCC1)C(=O)NCC(=O)N1CCCC1. The average Bonchev–Trinajstić information content (AvgIpc) is 2.99. The predicted octanol–water partition coefficient (Wildman–Crippen LogP) is 1.02. The summed E-state index contributed by atoms with van der Waals surface area (Å²) in [5, 5.41) is 2.69. The number of carbonyl (C=O) groups excluding carboxylic acids is 2. The number of rotatable bonds is 5. The van der Waals surface area contributed by atoms with E-state index in [2.05, 4.69) is 5.32 Å². The Bertz CT molecular complexity index is 334. The maximum Gasteiger partial charge on any atom is 0.241 e. The third-order valence-electron chi connectivity index (χ3n) is 4.52. The van der Waals surface area contributed by atoms with Gasteiger partial charge >= 0.3 is 0 Å². The average molecular weight is 281 g/mol. The molecule has 2 amide bonds. The van der Waals surface area contributed by atoms with E-state index < -0.39 is 6.04 Å². The number of amides is 2. The van der Waals surface area contributed by atoms with Gasteiger partial charge in [-0.3, -0.25) is 9.59 Å². The molecule has 5 heteroatoms. The van der Waals surface area contributed by atoms with Gasteiger partial charge in [0.2, 0.25) is 11.8 Å². The Morgan fingerprint density at radius 3 is 2.40 bits per heavy atom. The largest absolute Gasteiger partial charge is 0.346 e. The molecule has 3 N–H and O–H groups in total. The van der Waals surface area contributed by atoms with E-state index in [0.717, 1.165) is 32.4 Å². The van der Waals surface area contributed by atoms with Crippen LogP contribution in [0.25, 0.3) is 0 Å². The number of carbonyl (C=O) groups is 2. The van der Waals surface area contributed by atoms with Crippen molar-refractivity contribution in [1.82, 2.24) is 10.2 Å². The zero-order valence-electron chi connectivity index (χ0n) is 12.3. The van der Waals surface area contributed by atoms with Crippen molar-refractivity contribution in [3.63, 3.8) is 0 Å². The van der Waals surface area contributed by atoms with E-state index >= 15 is 0 Å². The lowest BCUT2D eigenvalue weighted by molar-refractivity contribution is -0.132. The first kappa shape index (κ1) is 15.3. The van der Waals surface area contributed by atoms with Gasteiger partial charge in [0.05, 0.1) is 12.6 Å². The van der Waals surface area contributed by atoms with Crippen LogP contribution in [0, 0.1) is 5.92 Å². The fourth-order valence-corrected chi connectivity index (χ4v) is 3.26. The van der Waals surface area contributed by atoms with Gasteiger partial charge in [-0.25, -0.2) is 0 Å². The standard InChI is InChI=1S/C15H27N3O2/c16-13(10-12-6-2-1-3-7-12)15(20)17-11-14(19)18-8-4-5-9-18/h12-13H,1-11,16H2,(H,17,20). The van der Waals surface area contributed by atoms with Gasteiger partial charge < -0.3 is 16.0 Å². The van der Waals surface area contributed by atoms with Crippen molar-refractivity contribution >= 4 is 11.8 Å². The Balaban J connectivity index is 1.66. The first-order valence-corrected chi connectivity index (χ1v) is 7.98. The van der Waals surface area contributed by atoms with Gasteiger partial charge in [0, 0.05) is 13.1 Å². The Kier molecular flexibility index (Phi) is 5.83. The Morgan fingerprint density at radius 1 is 1.10 bits per heavy atom. The van der Waals surface area contributed by atoms with E-state index in [1.54, 1.807) is 0 Å². The van der Waals surface area contributed by atoms with Crippen LogP contribution in [-0.4, -0.2) is 42.4 Å². The van der Waals surface area contributed by atoms with Crippen molar-refractivity contribution in [3.8, 4) is 0 Å². The lowest BCUT2D eigenvalue weighted by Crippen LogP contribution is -2.46. The molecule has 20 heavy (non-hydrogen) atoms. The highest BCUT2D eigenvalue weighted by molar-refractivity contribution is 5.87. The normalized spacial score (nSPS) is 21.8. The topological polar surface area (TPSA) is 75.4 Å². The highest BCUT2D eigenvalue weighted by Gasteiger charge is 2.23. The van der Waals surface area contributed by atoms with Crippen molar-refractivity contribution in [2.75, 3.05) is 19.6 Å². The van der Waals surface area contributed by atoms with Crippen LogP contribution in [0.15, 0.2) is 0 Å². The summed E-state index contributed by atoms with van der Waals surface area (Å²) in [6.45, 7) is 1.74. The molecule has 1 atom stereocenters. The summed E-state index contributed by atoms with van der Waals surface area (Å²) in [6.07, 6.45) is 9.09. The van der Waals surface area contributed by atoms with E-state index in [1.807, 2.05) is 4.90 Å². The van der Waals surface area contributed by atoms with E-state index in [1.165, 1.54) is 32.1 Å². The molecule has 114 valence electrons. The van der Waals surface area contributed by atoms with Gasteiger partial charge in [0.1, 0.15) is 0 Å². The summed E-state index contributed by atoms with van der Waals surface area (Å²) in [5.74, 6) is 0.419. The van der Waals surface area contributed by atoms with Crippen LogP contribution in [0.4, 0.5) is 0 Å². The Hall–Kier alpha value is -1.10. The van der Waals surface area contributed by atoms with Gasteiger partial charge in [-0.1, -0.05) is 32.1 Å². The molecule has 0 bridgehead atoms. The second-order valence-electron chi connectivity index (χ2n) is 6.15. The molecule has 1 heterocycles. The zero-order valence-corrected chi connectivity index (χ0v) is 12.3. The van der Waals surface area contributed by atoms with Crippen molar-refractivity contribution < 1.29 is 9.59 Å². The van der Waals surface area contributed by atoms with Crippen molar-refractivity contribution in [2.45, 2.75) is 57.4 Å². The molecule has 2 fully saturated rings. The molecule has 1 saturated carbocycles. The molecule has 2 aliphatic rings. The molecule has 0 aromatic rings. The van der Waals surface area contributed by atoms with Gasteiger partial charge in [-0.2, -0.15) is 0 Å². The quantitative estimate of drug-likeness (QED) is 0.790. The van der Waals surface area contributed by atoms with Crippen LogP contribution in [0.5, 0.6) is 0 Å². The molecule has 1 aliphatic carbocycles. The van der Waals surface area contributed by atoms with E-state index in [4.69, 9.17) is 5.73 Å². The van der Waals surface area contributed by atoms with Crippen LogP contribution in [0.1, 0.15) is 51.4 Å². The molecule has 0 aromatic heterocycles. The minimum absolute atomic E-state index is 0.0146. The first-order valence-electron chi connectivity index (χ1n) is 7.98. The monoisotopic (exact) mass is 281 g/mol. The van der Waals surface area contributed by atoms with Crippen LogP contribution >= 0.6 is 0 Å². The first-order chi connectivity index (χ1) is 9.66. The summed E-state index contributed by atoms with van der Waals surface area (Å²) in [4.78, 5) is 25.6. The van der Waals surface area contributed by atoms with Gasteiger partial charge in [-0.15, -0.1) is 0 Å². The number of hydrogen-bond acceptors (Lipinski definition) is 3. The van der Waals surface area contributed by atoms with Crippen LogP contribution in [0.3, 0.4) is 0 Å². The maximum atomic E-state index is 11.9. The van der Waals surface area contributed by atoms with Crippen molar-refractivity contribution in [1.29, 1.82) is 0 Å². The number of hydrogen-bond donors (Lipinski definition) is 2. The highest BCUT2D eigenvalue weighted by Crippen LogP contribution is 2.26. The molecule has 5 nitrogen and oxygen atoms in total. The second kappa shape index (κ2) is 7.62. The second-order valence-corrected chi connectivity index (χ2v) is 6.15. The van der Waals surface area contributed by atoms with Crippen LogP contribution < -0.4 is 11.1 Å². The molecule has 1 unspecified atom stereocenters. The number of nitrogens with two attached hydrogens (primary N) is 1. The Morgan fingerprint density at radius 2 is 1.75 bits per heavy atom. The zero-order chi connectivity index (χ0) is 14.4. The summed E-state index contributed by atoms with van der Waals surface area (Å²) in [5.41, 5.74) is 5.95. The summed E-state index contributed by atoms with van der Waals surface area (Å²) in [6, 6.07) is -0.468. The van der Waals surface area contributed by atoms with Crippen LogP contribution in [0.2, 0.25) is 0 Å². The van der Waals surface area contributed by atoms with E-state index in [9.17, 15) is 9.59 Å². The Labute approximate surface area is 121 Å². The fourth-order valence-electron chi connectivity index (χ4n) is 3.26. The molecular weight excluding hydrogens is 254 g/mol. The molecule has 1 aliphatic heterocycles. The molecule has 1 saturated heterocycles. The maximum absolute atomic E-state index is 11.9. The molecule has 0 spiro atoms. The lowest BCUT2D eigenvalue weighted by atomic mass is 9.85. The molecule has 0 aromatic carbocycles. The van der Waals surface area contributed by atoms with Crippen molar-refractivity contribution in [2.24, 2.45) is 11.7 Å². The third kappa shape index (κ3) is 4.47. The molecular formula is C15H27N3O2. The highest BCUT2D eigenvalue weighted by atomic mass is 16.2. The van der Waals surface area contributed by atoms with E-state index in [0.29, 0.717) is 5.92 Å². The summed E-state index contributed by atoms with van der Waals surface area (Å²) < 4.78 is 0. The summed E-state index contributed by atoms with van der Waals surface area (Å²) >= 11 is 0. The smallest absolute Gasteiger partial charge is 0.241 e. The number of nitrogens with zero attached hydrogens (tertiary/aromatic N) is 1. The minimum atomic E-state index is -0.468. The molecule has 2 rings (SSSR count). The predicted molar refractivity (Wildman–Crippen MR) is 78.0 cm³/mol. The summed E-state index contributed by atoms with van der Waals surface area (Å²) in [7, 11) is 0. The van der Waals surface area contributed by atoms with Crippen LogP contribution in [-0.2, 0) is 9.59 Å². The number of likely N-dealkylation sites (tertiary alicyclic amines) is 1. The van der Waals surface area contributed by atoms with Gasteiger partial charge in [0.15, 0.2) is 0 Å². The third-order valence-corrected chi connectivity index (χ3v) is 4.52. The molecule has 0 radical (unpaired) electrons. The lowest BCUT2D eigenvalue weighted by Gasteiger charge is -2.24. The fraction of sp³-hybridized carbons (Fsp3) is 0.867. The van der Waals surface area contributed by atoms with Gasteiger partial charge in [-0.05, 0) is 25.2 Å².